The minimum absolute atomic E-state index is 0.161. The Labute approximate surface area is 147 Å². The van der Waals surface area contributed by atoms with Crippen molar-refractivity contribution in [3.63, 3.8) is 0 Å². The lowest BCUT2D eigenvalue weighted by molar-refractivity contribution is -0.386. The molecule has 10 heteroatoms. The van der Waals surface area contributed by atoms with Crippen LogP contribution >= 0.6 is 0 Å². The predicted octanol–water partition coefficient (Wildman–Crippen LogP) is 1.48. The highest BCUT2D eigenvalue weighted by Crippen LogP contribution is 2.31. The molecule has 0 aliphatic heterocycles. The number of hydrogen-bond acceptors (Lipinski definition) is 6. The van der Waals surface area contributed by atoms with E-state index in [1.54, 1.807) is 13.8 Å². The molecule has 25 heavy (non-hydrogen) atoms. The van der Waals surface area contributed by atoms with E-state index in [0.717, 1.165) is 6.07 Å². The molecule has 140 valence electrons. The van der Waals surface area contributed by atoms with Gasteiger partial charge in [-0.1, -0.05) is 13.8 Å². The molecular formula is C15H23N3O6S. The van der Waals surface area contributed by atoms with Gasteiger partial charge in [-0.15, -0.1) is 0 Å². The number of nitrogens with zero attached hydrogens (tertiary/aromatic N) is 3. The zero-order valence-corrected chi connectivity index (χ0v) is 15.7. The van der Waals surface area contributed by atoms with Crippen LogP contribution in [0.4, 0.5) is 5.69 Å². The largest absolute Gasteiger partial charge is 0.474 e. The molecule has 0 heterocycles. The van der Waals surface area contributed by atoms with Gasteiger partial charge in [0.2, 0.25) is 10.0 Å². The van der Waals surface area contributed by atoms with E-state index >= 15 is 0 Å². The van der Waals surface area contributed by atoms with Crippen molar-refractivity contribution in [1.29, 1.82) is 0 Å². The Morgan fingerprint density at radius 1 is 1.28 bits per heavy atom. The molecule has 0 fully saturated rings. The Morgan fingerprint density at radius 3 is 2.28 bits per heavy atom. The van der Waals surface area contributed by atoms with E-state index < -0.39 is 26.7 Å². The van der Waals surface area contributed by atoms with E-state index in [2.05, 4.69) is 0 Å². The van der Waals surface area contributed by atoms with Crippen molar-refractivity contribution in [3.8, 4) is 5.75 Å². The molecular weight excluding hydrogens is 350 g/mol. The Hall–Kier alpha value is -2.20. The monoisotopic (exact) mass is 373 g/mol. The van der Waals surface area contributed by atoms with Gasteiger partial charge >= 0.3 is 5.69 Å². The molecule has 1 atom stereocenters. The third-order valence-corrected chi connectivity index (χ3v) is 5.61. The third-order valence-electron chi connectivity index (χ3n) is 3.56. The first-order valence-corrected chi connectivity index (χ1v) is 9.16. The summed E-state index contributed by atoms with van der Waals surface area (Å²) < 4.78 is 31.6. The average Bonchev–Trinajstić information content (AvgIpc) is 2.54. The molecule has 0 aliphatic carbocycles. The van der Waals surface area contributed by atoms with E-state index in [9.17, 15) is 23.3 Å². The maximum atomic E-state index is 12.5. The fourth-order valence-electron chi connectivity index (χ4n) is 2.22. The quantitative estimate of drug-likeness (QED) is 0.504. The summed E-state index contributed by atoms with van der Waals surface area (Å²) in [6.07, 6.45) is -0.945. The number of amides is 1. The second kappa shape index (κ2) is 8.26. The van der Waals surface area contributed by atoms with Crippen LogP contribution in [0, 0.1) is 10.1 Å². The number of sulfonamides is 1. The number of likely N-dealkylation sites (N-methyl/N-ethyl adjacent to an activating group) is 1. The molecule has 0 unspecified atom stereocenters. The van der Waals surface area contributed by atoms with Gasteiger partial charge in [-0.3, -0.25) is 14.9 Å². The number of nitro benzene ring substituents is 1. The molecule has 1 aromatic rings. The van der Waals surface area contributed by atoms with Crippen molar-refractivity contribution in [2.45, 2.75) is 31.8 Å². The predicted molar refractivity (Wildman–Crippen MR) is 92.0 cm³/mol. The lowest BCUT2D eigenvalue weighted by Crippen LogP contribution is -2.35. The molecule has 0 saturated carbocycles. The second-order valence-electron chi connectivity index (χ2n) is 5.47. The molecule has 9 nitrogen and oxygen atoms in total. The summed E-state index contributed by atoms with van der Waals surface area (Å²) in [6.45, 7) is 5.33. The first-order valence-electron chi connectivity index (χ1n) is 7.72. The molecule has 1 rings (SSSR count). The van der Waals surface area contributed by atoms with Crippen LogP contribution in [0.1, 0.15) is 20.8 Å². The van der Waals surface area contributed by atoms with Gasteiger partial charge < -0.3 is 9.64 Å². The van der Waals surface area contributed by atoms with E-state index in [-0.39, 0.29) is 29.6 Å². The number of hydrogen-bond donors (Lipinski definition) is 0. The van der Waals surface area contributed by atoms with Gasteiger partial charge in [0, 0.05) is 33.3 Å². The molecule has 0 spiro atoms. The zero-order valence-electron chi connectivity index (χ0n) is 14.9. The number of ether oxygens (including phenoxy) is 1. The van der Waals surface area contributed by atoms with E-state index in [1.165, 1.54) is 42.4 Å². The molecule has 0 saturated heterocycles. The maximum absolute atomic E-state index is 12.5. The average molecular weight is 373 g/mol. The van der Waals surface area contributed by atoms with Crippen LogP contribution in [-0.2, 0) is 14.8 Å². The summed E-state index contributed by atoms with van der Waals surface area (Å²) in [5.74, 6) is -0.527. The smallest absolute Gasteiger partial charge is 0.312 e. The Bertz CT molecular complexity index is 744. The van der Waals surface area contributed by atoms with Gasteiger partial charge in [0.1, 0.15) is 0 Å². The Balaban J connectivity index is 3.29. The summed E-state index contributed by atoms with van der Waals surface area (Å²) in [5, 5.41) is 11.3. The molecule has 0 radical (unpaired) electrons. The molecule has 1 amide bonds. The van der Waals surface area contributed by atoms with Gasteiger partial charge in [0.05, 0.1) is 9.82 Å². The Kier molecular flexibility index (Phi) is 6.88. The zero-order chi connectivity index (χ0) is 19.4. The van der Waals surface area contributed by atoms with Crippen LogP contribution in [0.25, 0.3) is 0 Å². The molecule has 0 N–H and O–H groups in total. The summed E-state index contributed by atoms with van der Waals surface area (Å²) >= 11 is 0. The summed E-state index contributed by atoms with van der Waals surface area (Å²) in [7, 11) is -0.758. The fraction of sp³-hybridized carbons (Fsp3) is 0.533. The molecule has 0 aromatic heterocycles. The number of nitro groups is 1. The fourth-order valence-corrected chi connectivity index (χ4v) is 3.70. The van der Waals surface area contributed by atoms with E-state index in [4.69, 9.17) is 4.74 Å². The van der Waals surface area contributed by atoms with Gasteiger partial charge in [-0.25, -0.2) is 8.42 Å². The first kappa shape index (κ1) is 20.8. The third kappa shape index (κ3) is 4.67. The normalized spacial score (nSPS) is 12.7. The number of carbonyl (C=O) groups excluding carboxylic acids is 1. The summed E-state index contributed by atoms with van der Waals surface area (Å²) in [6, 6.07) is 3.40. The van der Waals surface area contributed by atoms with Gasteiger partial charge in [-0.2, -0.15) is 4.31 Å². The van der Waals surface area contributed by atoms with Gasteiger partial charge in [-0.05, 0) is 19.1 Å². The lowest BCUT2D eigenvalue weighted by Gasteiger charge is -2.20. The van der Waals surface area contributed by atoms with Gasteiger partial charge in [0.25, 0.3) is 5.91 Å². The van der Waals surface area contributed by atoms with E-state index in [1.807, 2.05) is 0 Å². The van der Waals surface area contributed by atoms with Crippen molar-refractivity contribution < 1.29 is 22.9 Å². The second-order valence-corrected chi connectivity index (χ2v) is 7.41. The minimum atomic E-state index is -3.83. The van der Waals surface area contributed by atoms with Crippen LogP contribution < -0.4 is 4.74 Å². The number of benzene rings is 1. The SMILES string of the molecule is CCN(CC)S(=O)(=O)c1ccc(O[C@H](C)C(=O)N(C)C)c([N+](=O)[O-])c1. The van der Waals surface area contributed by atoms with Gasteiger partial charge in [0.15, 0.2) is 11.9 Å². The van der Waals surface area contributed by atoms with Crippen LogP contribution in [0.2, 0.25) is 0 Å². The first-order chi connectivity index (χ1) is 11.6. The Morgan fingerprint density at radius 2 is 1.84 bits per heavy atom. The molecule has 1 aromatic carbocycles. The van der Waals surface area contributed by atoms with Crippen LogP contribution in [0.15, 0.2) is 23.1 Å². The minimum Gasteiger partial charge on any atom is -0.474 e. The summed E-state index contributed by atoms with van der Waals surface area (Å²) in [5.41, 5.74) is -0.508. The number of rotatable bonds is 8. The highest BCUT2D eigenvalue weighted by Gasteiger charge is 2.28. The van der Waals surface area contributed by atoms with Crippen LogP contribution in [0.5, 0.6) is 5.75 Å². The lowest BCUT2D eigenvalue weighted by atomic mass is 10.3. The van der Waals surface area contributed by atoms with Crippen molar-refractivity contribution in [2.75, 3.05) is 27.2 Å². The molecule has 0 aliphatic rings. The highest BCUT2D eigenvalue weighted by molar-refractivity contribution is 7.89. The van der Waals surface area contributed by atoms with E-state index in [0.29, 0.717) is 0 Å². The van der Waals surface area contributed by atoms with Crippen molar-refractivity contribution in [2.24, 2.45) is 0 Å². The maximum Gasteiger partial charge on any atom is 0.312 e. The standard InChI is InChI=1S/C15H23N3O6S/c1-6-17(7-2)25(22,23)12-8-9-14(13(10-12)18(20)21)24-11(3)15(19)16(4)5/h8-11H,6-7H2,1-5H3/t11-/m1/s1. The van der Waals surface area contributed by atoms with Crippen LogP contribution in [-0.4, -0.2) is 61.7 Å². The van der Waals surface area contributed by atoms with Crippen molar-refractivity contribution >= 4 is 21.6 Å². The van der Waals surface area contributed by atoms with Crippen molar-refractivity contribution in [1.82, 2.24) is 9.21 Å². The summed E-state index contributed by atoms with van der Waals surface area (Å²) in [4.78, 5) is 23.5. The number of carbonyl (C=O) groups is 1. The van der Waals surface area contributed by atoms with Crippen LogP contribution in [0.3, 0.4) is 0 Å². The highest BCUT2D eigenvalue weighted by atomic mass is 32.2. The molecule has 0 bridgehead atoms. The topological polar surface area (TPSA) is 110 Å². The van der Waals surface area contributed by atoms with Crippen molar-refractivity contribution in [3.05, 3.63) is 28.3 Å².